The number of anilines is 1. The van der Waals surface area contributed by atoms with Gasteiger partial charge >= 0.3 is 0 Å². The second-order valence-corrected chi connectivity index (χ2v) is 6.20. The van der Waals surface area contributed by atoms with Crippen LogP contribution in [0.5, 0.6) is 11.5 Å². The third-order valence-electron chi connectivity index (χ3n) is 4.33. The average molecular weight is 370 g/mol. The van der Waals surface area contributed by atoms with E-state index in [0.717, 1.165) is 22.3 Å². The molecule has 1 heterocycles. The van der Waals surface area contributed by atoms with Gasteiger partial charge in [-0.3, -0.25) is 14.5 Å². The number of aryl methyl sites for hydroxylation is 1. The maximum absolute atomic E-state index is 13.6. The molecule has 0 unspecified atom stereocenters. The summed E-state index contributed by atoms with van der Waals surface area (Å²) in [5.41, 5.74) is 1.65. The van der Waals surface area contributed by atoms with Gasteiger partial charge in [-0.15, -0.1) is 0 Å². The summed E-state index contributed by atoms with van der Waals surface area (Å²) in [6, 6.07) is 9.95. The zero-order chi connectivity index (χ0) is 19.6. The molecule has 1 aliphatic heterocycles. The van der Waals surface area contributed by atoms with Gasteiger partial charge < -0.3 is 15.2 Å². The molecule has 2 amide bonds. The number of methoxy groups -OCH3 is 1. The van der Waals surface area contributed by atoms with Crippen molar-refractivity contribution in [3.05, 3.63) is 65.1 Å². The smallest absolute Gasteiger partial charge is 0.277 e. The van der Waals surface area contributed by atoms with Gasteiger partial charge in [-0.1, -0.05) is 12.1 Å². The molecule has 3 rings (SSSR count). The molecule has 6 nitrogen and oxygen atoms in total. The van der Waals surface area contributed by atoms with Gasteiger partial charge in [0.15, 0.2) is 11.6 Å². The first-order chi connectivity index (χ1) is 12.9. The van der Waals surface area contributed by atoms with Gasteiger partial charge in [-0.05, 0) is 42.7 Å². The average Bonchev–Trinajstić information content (AvgIpc) is 2.91. The molecule has 0 atom stereocenters. The van der Waals surface area contributed by atoms with E-state index in [9.17, 15) is 19.1 Å². The number of halogens is 1. The number of phenolic OH excluding ortho intramolecular Hbond substituents is 1. The summed E-state index contributed by atoms with van der Waals surface area (Å²) in [5.74, 6) is -1.40. The van der Waals surface area contributed by atoms with Crippen LogP contribution in [0.1, 0.15) is 11.1 Å². The number of imide groups is 1. The molecule has 0 bridgehead atoms. The molecule has 0 saturated heterocycles. The molecule has 0 aromatic heterocycles. The molecule has 1 aliphatic rings. The van der Waals surface area contributed by atoms with Crippen molar-refractivity contribution in [3.63, 3.8) is 0 Å². The van der Waals surface area contributed by atoms with Gasteiger partial charge in [0.1, 0.15) is 11.4 Å². The van der Waals surface area contributed by atoms with Crippen LogP contribution < -0.4 is 10.1 Å². The maximum atomic E-state index is 13.6. The predicted molar refractivity (Wildman–Crippen MR) is 97.9 cm³/mol. The van der Waals surface area contributed by atoms with E-state index in [0.29, 0.717) is 12.0 Å². The number of carbonyl (C=O) groups excluding carboxylic acids is 2. The van der Waals surface area contributed by atoms with Crippen LogP contribution in [0.15, 0.2) is 48.2 Å². The number of benzene rings is 2. The van der Waals surface area contributed by atoms with E-state index in [2.05, 4.69) is 5.32 Å². The topological polar surface area (TPSA) is 78.9 Å². The zero-order valence-electron chi connectivity index (χ0n) is 15.0. The maximum Gasteiger partial charge on any atom is 0.277 e. The Hall–Kier alpha value is -3.35. The van der Waals surface area contributed by atoms with Gasteiger partial charge in [-0.2, -0.15) is 0 Å². The number of phenols is 1. The number of amides is 2. The molecule has 0 aliphatic carbocycles. The van der Waals surface area contributed by atoms with Crippen LogP contribution in [0, 0.1) is 12.7 Å². The van der Waals surface area contributed by atoms with Crippen LogP contribution in [-0.4, -0.2) is 35.5 Å². The lowest BCUT2D eigenvalue weighted by Crippen LogP contribution is -2.33. The van der Waals surface area contributed by atoms with Crippen LogP contribution in [0.2, 0.25) is 0 Å². The van der Waals surface area contributed by atoms with Crippen molar-refractivity contribution >= 4 is 17.5 Å². The summed E-state index contributed by atoms with van der Waals surface area (Å²) >= 11 is 0. The number of aromatic hydroxyl groups is 1. The second-order valence-electron chi connectivity index (χ2n) is 6.20. The number of carbonyl (C=O) groups is 2. The Bertz CT molecular complexity index is 899. The Morgan fingerprint density at radius 3 is 2.52 bits per heavy atom. The summed E-state index contributed by atoms with van der Waals surface area (Å²) in [5, 5.41) is 12.2. The molecule has 0 spiro atoms. The molecule has 7 heteroatoms. The fourth-order valence-electron chi connectivity index (χ4n) is 2.81. The van der Waals surface area contributed by atoms with Crippen molar-refractivity contribution in [2.45, 2.75) is 13.3 Å². The van der Waals surface area contributed by atoms with E-state index in [1.807, 2.05) is 24.3 Å². The van der Waals surface area contributed by atoms with Crippen LogP contribution in [0.25, 0.3) is 0 Å². The number of ether oxygens (including phenoxy) is 1. The lowest BCUT2D eigenvalue weighted by atomic mass is 10.1. The SMILES string of the molecule is COc1ccc(CCN2C(=O)C=C(Nc3cc(C)c(O)c(F)c3)C2=O)cc1. The Labute approximate surface area is 155 Å². The number of nitrogens with zero attached hydrogens (tertiary/aromatic N) is 1. The number of rotatable bonds is 6. The Kier molecular flexibility index (Phi) is 5.12. The minimum atomic E-state index is -0.800. The van der Waals surface area contributed by atoms with Crippen molar-refractivity contribution in [1.82, 2.24) is 4.90 Å². The molecule has 2 aromatic rings. The van der Waals surface area contributed by atoms with Crippen LogP contribution >= 0.6 is 0 Å². The van der Waals surface area contributed by atoms with Crippen molar-refractivity contribution in [2.75, 3.05) is 19.0 Å². The monoisotopic (exact) mass is 370 g/mol. The fourth-order valence-corrected chi connectivity index (χ4v) is 2.81. The van der Waals surface area contributed by atoms with E-state index < -0.39 is 23.4 Å². The Balaban J connectivity index is 1.66. The Morgan fingerprint density at radius 2 is 1.89 bits per heavy atom. The molecule has 2 N–H and O–H groups in total. The van der Waals surface area contributed by atoms with E-state index in [-0.39, 0.29) is 17.9 Å². The van der Waals surface area contributed by atoms with Crippen molar-refractivity contribution in [1.29, 1.82) is 0 Å². The van der Waals surface area contributed by atoms with Crippen molar-refractivity contribution in [3.8, 4) is 11.5 Å². The first-order valence-corrected chi connectivity index (χ1v) is 8.35. The van der Waals surface area contributed by atoms with Crippen LogP contribution in [-0.2, 0) is 16.0 Å². The predicted octanol–water partition coefficient (Wildman–Crippen LogP) is 2.76. The minimum Gasteiger partial charge on any atom is -0.505 e. The second kappa shape index (κ2) is 7.49. The largest absolute Gasteiger partial charge is 0.505 e. The fraction of sp³-hybridized carbons (Fsp3) is 0.200. The number of nitrogens with one attached hydrogen (secondary N) is 1. The van der Waals surface area contributed by atoms with Gasteiger partial charge in [0, 0.05) is 24.4 Å². The van der Waals surface area contributed by atoms with E-state index >= 15 is 0 Å². The molecule has 2 aromatic carbocycles. The molecular formula is C20H19FN2O4. The summed E-state index contributed by atoms with van der Waals surface area (Å²) in [6.07, 6.45) is 1.70. The lowest BCUT2D eigenvalue weighted by Gasteiger charge is -2.15. The summed E-state index contributed by atoms with van der Waals surface area (Å²) < 4.78 is 18.7. The Morgan fingerprint density at radius 1 is 1.19 bits per heavy atom. The highest BCUT2D eigenvalue weighted by atomic mass is 19.1. The molecule has 140 valence electrons. The third kappa shape index (κ3) is 3.92. The molecule has 0 saturated carbocycles. The van der Waals surface area contributed by atoms with Gasteiger partial charge in [0.2, 0.25) is 0 Å². The van der Waals surface area contributed by atoms with E-state index in [4.69, 9.17) is 4.74 Å². The molecule has 27 heavy (non-hydrogen) atoms. The summed E-state index contributed by atoms with van der Waals surface area (Å²) in [7, 11) is 1.58. The molecular weight excluding hydrogens is 351 g/mol. The highest BCUT2D eigenvalue weighted by Crippen LogP contribution is 2.26. The van der Waals surface area contributed by atoms with Gasteiger partial charge in [-0.25, -0.2) is 4.39 Å². The summed E-state index contributed by atoms with van der Waals surface area (Å²) in [6.45, 7) is 1.77. The lowest BCUT2D eigenvalue weighted by molar-refractivity contribution is -0.137. The first kappa shape index (κ1) is 18.4. The number of hydrogen-bond acceptors (Lipinski definition) is 5. The standard InChI is InChI=1S/C20H19FN2O4/c1-12-9-14(10-16(21)19(12)25)22-17-11-18(24)23(20(17)26)8-7-13-3-5-15(27-2)6-4-13/h3-6,9-11,22,25H,7-8H2,1-2H3. The summed E-state index contributed by atoms with van der Waals surface area (Å²) in [4.78, 5) is 25.8. The van der Waals surface area contributed by atoms with E-state index in [1.165, 1.54) is 12.1 Å². The van der Waals surface area contributed by atoms with E-state index in [1.54, 1.807) is 14.0 Å². The highest BCUT2D eigenvalue weighted by molar-refractivity contribution is 6.17. The van der Waals surface area contributed by atoms with Gasteiger partial charge in [0.05, 0.1) is 7.11 Å². The third-order valence-corrected chi connectivity index (χ3v) is 4.33. The molecule has 0 radical (unpaired) electrons. The van der Waals surface area contributed by atoms with Crippen molar-refractivity contribution < 1.29 is 23.8 Å². The number of hydrogen-bond donors (Lipinski definition) is 2. The minimum absolute atomic E-state index is 0.0687. The van der Waals surface area contributed by atoms with Crippen molar-refractivity contribution in [2.24, 2.45) is 0 Å². The van der Waals surface area contributed by atoms with Crippen LogP contribution in [0.4, 0.5) is 10.1 Å². The van der Waals surface area contributed by atoms with Crippen LogP contribution in [0.3, 0.4) is 0 Å². The highest BCUT2D eigenvalue weighted by Gasteiger charge is 2.31. The quantitative estimate of drug-likeness (QED) is 0.604. The normalized spacial score (nSPS) is 13.7. The molecule has 0 fully saturated rings. The van der Waals surface area contributed by atoms with Gasteiger partial charge in [0.25, 0.3) is 11.8 Å². The zero-order valence-corrected chi connectivity index (χ0v) is 15.0. The first-order valence-electron chi connectivity index (χ1n) is 8.35.